The second-order valence-corrected chi connectivity index (χ2v) is 3.82. The maximum Gasteiger partial charge on any atom is 0.166 e. The maximum absolute atomic E-state index is 13.6. The Balaban J connectivity index is 2.06. The lowest BCUT2D eigenvalue weighted by molar-refractivity contribution is 0.198. The van der Waals surface area contributed by atoms with Crippen LogP contribution >= 0.6 is 0 Å². The van der Waals surface area contributed by atoms with Crippen LogP contribution in [0.3, 0.4) is 0 Å². The van der Waals surface area contributed by atoms with Crippen LogP contribution < -0.4 is 4.74 Å². The second kappa shape index (κ2) is 5.55. The summed E-state index contributed by atoms with van der Waals surface area (Å²) in [5.74, 6) is 0.0905. The smallest absolute Gasteiger partial charge is 0.166 e. The van der Waals surface area contributed by atoms with Gasteiger partial charge in [-0.1, -0.05) is 6.07 Å². The van der Waals surface area contributed by atoms with Crippen LogP contribution in [0.1, 0.15) is 24.4 Å². The molecule has 94 valence electrons. The van der Waals surface area contributed by atoms with E-state index in [0.717, 1.165) is 0 Å². The SMILES string of the molecule is C[C@@H](O)c1ccc(OCc2ncccn2)c(F)c1. The third kappa shape index (κ3) is 3.01. The van der Waals surface area contributed by atoms with Gasteiger partial charge in [-0.3, -0.25) is 0 Å². The summed E-state index contributed by atoms with van der Waals surface area (Å²) in [6, 6.07) is 6.06. The number of halogens is 1. The highest BCUT2D eigenvalue weighted by atomic mass is 19.1. The zero-order valence-corrected chi connectivity index (χ0v) is 9.88. The highest BCUT2D eigenvalue weighted by molar-refractivity contribution is 5.30. The monoisotopic (exact) mass is 248 g/mol. The molecule has 1 aromatic heterocycles. The molecule has 0 saturated heterocycles. The molecule has 0 aliphatic carbocycles. The van der Waals surface area contributed by atoms with Crippen LogP contribution in [0.25, 0.3) is 0 Å². The normalized spacial score (nSPS) is 12.2. The maximum atomic E-state index is 13.6. The molecule has 2 rings (SSSR count). The van der Waals surface area contributed by atoms with Crippen LogP contribution in [-0.4, -0.2) is 15.1 Å². The molecule has 1 aromatic carbocycles. The second-order valence-electron chi connectivity index (χ2n) is 3.82. The van der Waals surface area contributed by atoms with Gasteiger partial charge in [-0.2, -0.15) is 0 Å². The van der Waals surface area contributed by atoms with Gasteiger partial charge in [0.15, 0.2) is 17.4 Å². The Kier molecular flexibility index (Phi) is 3.84. The van der Waals surface area contributed by atoms with Crippen LogP contribution in [0.4, 0.5) is 4.39 Å². The molecule has 0 aliphatic rings. The van der Waals surface area contributed by atoms with E-state index in [1.807, 2.05) is 0 Å². The lowest BCUT2D eigenvalue weighted by atomic mass is 10.1. The Morgan fingerprint density at radius 2 is 2.06 bits per heavy atom. The summed E-state index contributed by atoms with van der Waals surface area (Å²) in [4.78, 5) is 7.94. The molecule has 0 aliphatic heterocycles. The first-order valence-corrected chi connectivity index (χ1v) is 5.53. The molecular weight excluding hydrogens is 235 g/mol. The molecule has 0 spiro atoms. The topological polar surface area (TPSA) is 55.2 Å². The van der Waals surface area contributed by atoms with E-state index < -0.39 is 11.9 Å². The average Bonchev–Trinajstić information content (AvgIpc) is 2.38. The van der Waals surface area contributed by atoms with Crippen molar-refractivity contribution in [3.63, 3.8) is 0 Å². The Labute approximate surface area is 104 Å². The van der Waals surface area contributed by atoms with Crippen molar-refractivity contribution in [2.24, 2.45) is 0 Å². The van der Waals surface area contributed by atoms with Crippen LogP contribution in [0, 0.1) is 5.82 Å². The van der Waals surface area contributed by atoms with Crippen molar-refractivity contribution < 1.29 is 14.2 Å². The van der Waals surface area contributed by atoms with E-state index in [0.29, 0.717) is 11.4 Å². The van der Waals surface area contributed by atoms with Gasteiger partial charge in [-0.15, -0.1) is 0 Å². The summed E-state index contributed by atoms with van der Waals surface area (Å²) in [5, 5.41) is 9.32. The number of benzene rings is 1. The van der Waals surface area contributed by atoms with Crippen LogP contribution in [0.5, 0.6) is 5.75 Å². The number of aliphatic hydroxyl groups excluding tert-OH is 1. The van der Waals surface area contributed by atoms with E-state index >= 15 is 0 Å². The first kappa shape index (κ1) is 12.4. The Morgan fingerprint density at radius 3 is 2.67 bits per heavy atom. The average molecular weight is 248 g/mol. The minimum atomic E-state index is -0.703. The van der Waals surface area contributed by atoms with Gasteiger partial charge < -0.3 is 9.84 Å². The summed E-state index contributed by atoms with van der Waals surface area (Å²) in [6.07, 6.45) is 2.49. The third-order valence-electron chi connectivity index (χ3n) is 2.41. The number of hydrogen-bond donors (Lipinski definition) is 1. The van der Waals surface area contributed by atoms with Gasteiger partial charge in [-0.05, 0) is 30.7 Å². The molecule has 4 nitrogen and oxygen atoms in total. The van der Waals surface area contributed by atoms with Crippen molar-refractivity contribution in [2.45, 2.75) is 19.6 Å². The summed E-state index contributed by atoms with van der Waals surface area (Å²) >= 11 is 0. The first-order chi connectivity index (χ1) is 8.66. The number of rotatable bonds is 4. The largest absolute Gasteiger partial charge is 0.483 e. The fourth-order valence-electron chi connectivity index (χ4n) is 1.44. The minimum Gasteiger partial charge on any atom is -0.483 e. The highest BCUT2D eigenvalue weighted by Gasteiger charge is 2.08. The van der Waals surface area contributed by atoms with Crippen molar-refractivity contribution in [3.05, 3.63) is 53.9 Å². The molecule has 5 heteroatoms. The molecule has 18 heavy (non-hydrogen) atoms. The summed E-state index contributed by atoms with van der Waals surface area (Å²) < 4.78 is 18.9. The molecule has 2 aromatic rings. The van der Waals surface area contributed by atoms with Gasteiger partial charge in [0.1, 0.15) is 6.61 Å². The number of aromatic nitrogens is 2. The molecule has 0 fully saturated rings. The standard InChI is InChI=1S/C13H13FN2O2/c1-9(17)10-3-4-12(11(14)7-10)18-8-13-15-5-2-6-16-13/h2-7,9,17H,8H2,1H3/t9-/m1/s1. The summed E-state index contributed by atoms with van der Waals surface area (Å²) in [6.45, 7) is 1.68. The van der Waals surface area contributed by atoms with Crippen LogP contribution in [-0.2, 0) is 6.61 Å². The fourth-order valence-corrected chi connectivity index (χ4v) is 1.44. The quantitative estimate of drug-likeness (QED) is 0.901. The Morgan fingerprint density at radius 1 is 1.33 bits per heavy atom. The summed E-state index contributed by atoms with van der Waals surface area (Å²) in [5.41, 5.74) is 0.510. The van der Waals surface area contributed by atoms with Crippen molar-refractivity contribution in [3.8, 4) is 5.75 Å². The predicted octanol–water partition coefficient (Wildman–Crippen LogP) is 2.25. The van der Waals surface area contributed by atoms with E-state index in [4.69, 9.17) is 4.74 Å². The molecule has 0 saturated carbocycles. The number of hydrogen-bond acceptors (Lipinski definition) is 4. The molecule has 1 atom stereocenters. The number of ether oxygens (including phenoxy) is 1. The number of aliphatic hydroxyl groups is 1. The van der Waals surface area contributed by atoms with Gasteiger partial charge in [0.25, 0.3) is 0 Å². The van der Waals surface area contributed by atoms with Gasteiger partial charge in [0.05, 0.1) is 6.10 Å². The lowest BCUT2D eigenvalue weighted by Crippen LogP contribution is -2.02. The summed E-state index contributed by atoms with van der Waals surface area (Å²) in [7, 11) is 0. The van der Waals surface area contributed by atoms with Crippen molar-refractivity contribution in [2.75, 3.05) is 0 Å². The van der Waals surface area contributed by atoms with E-state index in [1.54, 1.807) is 31.5 Å². The predicted molar refractivity (Wildman–Crippen MR) is 63.4 cm³/mol. The minimum absolute atomic E-state index is 0.103. The van der Waals surface area contributed by atoms with E-state index in [9.17, 15) is 9.50 Å². The molecule has 0 radical (unpaired) electrons. The first-order valence-electron chi connectivity index (χ1n) is 5.53. The van der Waals surface area contributed by atoms with Crippen molar-refractivity contribution in [1.29, 1.82) is 0 Å². The fraction of sp³-hybridized carbons (Fsp3) is 0.231. The van der Waals surface area contributed by atoms with E-state index in [1.165, 1.54) is 12.1 Å². The van der Waals surface area contributed by atoms with Crippen molar-refractivity contribution >= 4 is 0 Å². The lowest BCUT2D eigenvalue weighted by Gasteiger charge is -2.09. The zero-order chi connectivity index (χ0) is 13.0. The number of nitrogens with zero attached hydrogens (tertiary/aromatic N) is 2. The van der Waals surface area contributed by atoms with Crippen LogP contribution in [0.15, 0.2) is 36.7 Å². The Bertz CT molecular complexity index is 518. The molecule has 0 bridgehead atoms. The molecule has 0 amide bonds. The van der Waals surface area contributed by atoms with E-state index in [2.05, 4.69) is 9.97 Å². The van der Waals surface area contributed by atoms with Crippen LogP contribution in [0.2, 0.25) is 0 Å². The zero-order valence-electron chi connectivity index (χ0n) is 9.88. The van der Waals surface area contributed by atoms with E-state index in [-0.39, 0.29) is 12.4 Å². The third-order valence-corrected chi connectivity index (χ3v) is 2.41. The van der Waals surface area contributed by atoms with Gasteiger partial charge in [0, 0.05) is 12.4 Å². The van der Waals surface area contributed by atoms with Gasteiger partial charge in [-0.25, -0.2) is 14.4 Å². The molecule has 0 unspecified atom stereocenters. The Hall–Kier alpha value is -2.01. The highest BCUT2D eigenvalue weighted by Crippen LogP contribution is 2.22. The van der Waals surface area contributed by atoms with Gasteiger partial charge in [0.2, 0.25) is 0 Å². The van der Waals surface area contributed by atoms with Crippen molar-refractivity contribution in [1.82, 2.24) is 9.97 Å². The molecular formula is C13H13FN2O2. The molecule has 1 N–H and O–H groups in total. The molecule has 1 heterocycles. The van der Waals surface area contributed by atoms with Gasteiger partial charge >= 0.3 is 0 Å².